The predicted octanol–water partition coefficient (Wildman–Crippen LogP) is 5.39. The number of nitrogens with zero attached hydrogens (tertiary/aromatic N) is 3. The summed E-state index contributed by atoms with van der Waals surface area (Å²) in [6.45, 7) is 3.12. The Kier molecular flexibility index (Phi) is 8.25. The van der Waals surface area contributed by atoms with Gasteiger partial charge >= 0.3 is 6.18 Å². The Morgan fingerprint density at radius 1 is 0.972 bits per heavy atom. The van der Waals surface area contributed by atoms with Gasteiger partial charge in [-0.1, -0.05) is 18.2 Å². The first-order valence-electron chi connectivity index (χ1n) is 12.4. The van der Waals surface area contributed by atoms with E-state index in [0.29, 0.717) is 18.0 Å². The molecule has 2 fully saturated rings. The van der Waals surface area contributed by atoms with E-state index in [0.717, 1.165) is 70.4 Å². The lowest BCUT2D eigenvalue weighted by Gasteiger charge is -2.36. The SMILES string of the molecule is O=C(CCC1CCC(Nc2ccc(N(O)O)c(C(F)(F)F)c2)CC1)N1CCN(c2ccccc2)CC1. The van der Waals surface area contributed by atoms with Crippen LogP contribution in [0.2, 0.25) is 0 Å². The summed E-state index contributed by atoms with van der Waals surface area (Å²) in [4.78, 5) is 17.0. The number of anilines is 3. The second-order valence-corrected chi connectivity index (χ2v) is 9.62. The van der Waals surface area contributed by atoms with Crippen LogP contribution in [0.1, 0.15) is 44.1 Å². The predicted molar refractivity (Wildman–Crippen MR) is 131 cm³/mol. The van der Waals surface area contributed by atoms with Crippen LogP contribution in [0.4, 0.5) is 30.2 Å². The van der Waals surface area contributed by atoms with Crippen molar-refractivity contribution >= 4 is 23.0 Å². The summed E-state index contributed by atoms with van der Waals surface area (Å²) in [5.74, 6) is 0.632. The first-order chi connectivity index (χ1) is 17.2. The van der Waals surface area contributed by atoms with Crippen LogP contribution in [0.15, 0.2) is 48.5 Å². The number of rotatable bonds is 7. The highest BCUT2D eigenvalue weighted by molar-refractivity contribution is 5.76. The number of amides is 1. The van der Waals surface area contributed by atoms with Crippen LogP contribution in [0.3, 0.4) is 0 Å². The molecule has 2 aromatic carbocycles. The van der Waals surface area contributed by atoms with E-state index in [9.17, 15) is 18.0 Å². The number of piperazine rings is 1. The van der Waals surface area contributed by atoms with Gasteiger partial charge in [0.1, 0.15) is 5.69 Å². The fourth-order valence-corrected chi connectivity index (χ4v) is 5.20. The molecule has 1 aliphatic heterocycles. The number of alkyl halides is 3. The maximum absolute atomic E-state index is 13.3. The zero-order valence-corrected chi connectivity index (χ0v) is 20.1. The van der Waals surface area contributed by atoms with Crippen molar-refractivity contribution in [2.24, 2.45) is 5.92 Å². The third kappa shape index (κ3) is 6.61. The van der Waals surface area contributed by atoms with Gasteiger partial charge in [-0.2, -0.15) is 13.2 Å². The Bertz CT molecular complexity index is 1000. The molecule has 3 N–H and O–H groups in total. The molecule has 1 saturated heterocycles. The summed E-state index contributed by atoms with van der Waals surface area (Å²) in [5.41, 5.74) is -0.359. The average Bonchev–Trinajstić information content (AvgIpc) is 2.88. The van der Waals surface area contributed by atoms with Gasteiger partial charge in [0, 0.05) is 50.0 Å². The van der Waals surface area contributed by atoms with Crippen molar-refractivity contribution in [3.05, 3.63) is 54.1 Å². The van der Waals surface area contributed by atoms with Gasteiger partial charge in [-0.3, -0.25) is 15.2 Å². The van der Waals surface area contributed by atoms with Crippen LogP contribution in [0.25, 0.3) is 0 Å². The van der Waals surface area contributed by atoms with Crippen molar-refractivity contribution in [2.45, 2.75) is 50.7 Å². The number of carbonyl (C=O) groups is 1. The van der Waals surface area contributed by atoms with Crippen molar-refractivity contribution in [1.82, 2.24) is 4.90 Å². The molecule has 2 aromatic rings. The fourth-order valence-electron chi connectivity index (χ4n) is 5.20. The summed E-state index contributed by atoms with van der Waals surface area (Å²) in [5, 5.41) is 20.8. The first kappa shape index (κ1) is 26.1. The summed E-state index contributed by atoms with van der Waals surface area (Å²) in [7, 11) is 0. The van der Waals surface area contributed by atoms with E-state index in [1.54, 1.807) is 0 Å². The van der Waals surface area contributed by atoms with Crippen molar-refractivity contribution in [3.8, 4) is 0 Å². The molecule has 196 valence electrons. The summed E-state index contributed by atoms with van der Waals surface area (Å²) >= 11 is 0. The molecule has 1 saturated carbocycles. The monoisotopic (exact) mass is 506 g/mol. The van der Waals surface area contributed by atoms with Crippen LogP contribution in [-0.4, -0.2) is 53.4 Å². The summed E-state index contributed by atoms with van der Waals surface area (Å²) in [6, 6.07) is 13.6. The number of halogens is 3. The zero-order chi connectivity index (χ0) is 25.7. The summed E-state index contributed by atoms with van der Waals surface area (Å²) in [6.07, 6.45) is 0.0995. The molecular weight excluding hydrogens is 473 g/mol. The Morgan fingerprint density at radius 3 is 2.25 bits per heavy atom. The molecule has 0 bridgehead atoms. The van der Waals surface area contributed by atoms with Gasteiger partial charge in [0.15, 0.2) is 0 Å². The minimum atomic E-state index is -4.71. The Hall–Kier alpha value is -2.98. The van der Waals surface area contributed by atoms with Crippen molar-refractivity contribution in [3.63, 3.8) is 0 Å². The minimum Gasteiger partial charge on any atom is -0.382 e. The molecule has 0 atom stereocenters. The van der Waals surface area contributed by atoms with Gasteiger partial charge in [-0.25, -0.2) is 0 Å². The smallest absolute Gasteiger partial charge is 0.382 e. The molecule has 0 radical (unpaired) electrons. The standard InChI is InChI=1S/C26H33F3N4O3/c27-26(28,29)23-18-21(11-12-24(23)33(35)36)30-20-9-6-19(7-10-20)8-13-25(34)32-16-14-31(15-17-32)22-4-2-1-3-5-22/h1-5,11-12,18-20,30,35-36H,6-10,13-17H2. The third-order valence-electron chi connectivity index (χ3n) is 7.26. The van der Waals surface area contributed by atoms with E-state index in [1.807, 2.05) is 23.1 Å². The zero-order valence-electron chi connectivity index (χ0n) is 20.1. The molecule has 7 nitrogen and oxygen atoms in total. The number of para-hydroxylation sites is 1. The van der Waals surface area contributed by atoms with Crippen molar-refractivity contribution in [1.29, 1.82) is 0 Å². The van der Waals surface area contributed by atoms with Gasteiger partial charge in [0.05, 0.1) is 5.56 Å². The lowest BCUT2D eigenvalue weighted by Crippen LogP contribution is -2.48. The average molecular weight is 507 g/mol. The fraction of sp³-hybridized carbons (Fsp3) is 0.500. The molecule has 4 rings (SSSR count). The van der Waals surface area contributed by atoms with Crippen LogP contribution in [-0.2, 0) is 11.0 Å². The molecule has 2 aliphatic rings. The van der Waals surface area contributed by atoms with Crippen molar-refractivity contribution in [2.75, 3.05) is 41.6 Å². The Morgan fingerprint density at radius 2 is 1.64 bits per heavy atom. The molecule has 0 spiro atoms. The normalized spacial score (nSPS) is 20.8. The summed E-state index contributed by atoms with van der Waals surface area (Å²) < 4.78 is 39.9. The first-order valence-corrected chi connectivity index (χ1v) is 12.4. The van der Waals surface area contributed by atoms with Gasteiger partial charge in [0.25, 0.3) is 0 Å². The molecule has 10 heteroatoms. The molecule has 1 aliphatic carbocycles. The second kappa shape index (κ2) is 11.4. The minimum absolute atomic E-state index is 0.0364. The van der Waals surface area contributed by atoms with Gasteiger partial charge < -0.3 is 15.1 Å². The lowest BCUT2D eigenvalue weighted by molar-refractivity contribution is -0.138. The van der Waals surface area contributed by atoms with E-state index >= 15 is 0 Å². The second-order valence-electron chi connectivity index (χ2n) is 9.62. The molecule has 36 heavy (non-hydrogen) atoms. The number of hydrogen-bond acceptors (Lipinski definition) is 6. The number of nitrogens with one attached hydrogen (secondary N) is 1. The highest BCUT2D eigenvalue weighted by Gasteiger charge is 2.35. The highest BCUT2D eigenvalue weighted by Crippen LogP contribution is 2.38. The topological polar surface area (TPSA) is 79.3 Å². The maximum atomic E-state index is 13.3. The van der Waals surface area contributed by atoms with E-state index in [-0.39, 0.29) is 11.9 Å². The van der Waals surface area contributed by atoms with E-state index in [4.69, 9.17) is 10.4 Å². The number of hydrogen-bond donors (Lipinski definition) is 3. The largest absolute Gasteiger partial charge is 0.418 e. The highest BCUT2D eigenvalue weighted by atomic mass is 19.4. The number of benzene rings is 2. The Balaban J connectivity index is 1.20. The molecule has 0 aromatic heterocycles. The lowest BCUT2D eigenvalue weighted by atomic mass is 9.83. The maximum Gasteiger partial charge on any atom is 0.418 e. The van der Waals surface area contributed by atoms with E-state index in [1.165, 1.54) is 11.8 Å². The van der Waals surface area contributed by atoms with Gasteiger partial charge in [-0.05, 0) is 68.4 Å². The molecule has 0 unspecified atom stereocenters. The number of carbonyl (C=O) groups excluding carboxylic acids is 1. The van der Waals surface area contributed by atoms with Crippen LogP contribution < -0.4 is 15.4 Å². The van der Waals surface area contributed by atoms with Gasteiger partial charge in [-0.15, -0.1) is 5.23 Å². The molecule has 1 amide bonds. The van der Waals surface area contributed by atoms with E-state index in [2.05, 4.69) is 22.3 Å². The van der Waals surface area contributed by atoms with Crippen LogP contribution in [0.5, 0.6) is 0 Å². The Labute approximate surface area is 209 Å². The van der Waals surface area contributed by atoms with Gasteiger partial charge in [0.2, 0.25) is 5.91 Å². The van der Waals surface area contributed by atoms with Crippen LogP contribution >= 0.6 is 0 Å². The van der Waals surface area contributed by atoms with Crippen molar-refractivity contribution < 1.29 is 28.4 Å². The molecular formula is C26H33F3N4O3. The quantitative estimate of drug-likeness (QED) is 0.437. The third-order valence-corrected chi connectivity index (χ3v) is 7.26. The molecule has 1 heterocycles. The van der Waals surface area contributed by atoms with Crippen LogP contribution in [0, 0.1) is 5.92 Å². The van der Waals surface area contributed by atoms with E-state index < -0.39 is 22.7 Å².